The van der Waals surface area contributed by atoms with Crippen molar-refractivity contribution in [2.24, 2.45) is 5.92 Å². The molecule has 4 atom stereocenters. The van der Waals surface area contributed by atoms with Crippen LogP contribution in [-0.4, -0.2) is 36.8 Å². The Hall–Kier alpha value is -2.41. The Morgan fingerprint density at radius 1 is 1.38 bits per heavy atom. The van der Waals surface area contributed by atoms with E-state index in [1.807, 2.05) is 19.1 Å². The van der Waals surface area contributed by atoms with Crippen molar-refractivity contribution in [1.82, 2.24) is 0 Å². The van der Waals surface area contributed by atoms with Crippen molar-refractivity contribution in [2.75, 3.05) is 13.7 Å². The number of carbonyl (C=O) groups excluding carboxylic acids is 1. The standard InChI is InChI=1S/C19H21NO6/c1-3-25-16-10-19-7-6-12(21)9-13(19)14(20(22)23)8-11-4-5-15(24-2)18(26-16)17(11)19/h4-7,13-14,16H,3,8-10H2,1-2H3/t13-,14+,16-,19+/m0/s1. The predicted octanol–water partition coefficient (Wildman–Crippen LogP) is 2.42. The van der Waals surface area contributed by atoms with Gasteiger partial charge in [0.25, 0.3) is 0 Å². The van der Waals surface area contributed by atoms with Gasteiger partial charge in [0.2, 0.25) is 12.3 Å². The zero-order chi connectivity index (χ0) is 18.5. The fraction of sp³-hybridized carbons (Fsp3) is 0.526. The Kier molecular flexibility index (Phi) is 3.99. The molecule has 7 heteroatoms. The van der Waals surface area contributed by atoms with Gasteiger partial charge in [0.15, 0.2) is 17.3 Å². The summed E-state index contributed by atoms with van der Waals surface area (Å²) in [5, 5.41) is 11.8. The van der Waals surface area contributed by atoms with E-state index in [1.54, 1.807) is 19.3 Å². The average molecular weight is 359 g/mol. The molecule has 2 aliphatic carbocycles. The quantitative estimate of drug-likeness (QED) is 0.606. The Balaban J connectivity index is 1.98. The number of allylic oxidation sites excluding steroid dienone is 2. The van der Waals surface area contributed by atoms with Crippen molar-refractivity contribution >= 4 is 5.78 Å². The Morgan fingerprint density at radius 2 is 2.19 bits per heavy atom. The zero-order valence-corrected chi connectivity index (χ0v) is 14.8. The van der Waals surface area contributed by atoms with Gasteiger partial charge in [-0.15, -0.1) is 0 Å². The van der Waals surface area contributed by atoms with Crippen LogP contribution in [0.5, 0.6) is 11.5 Å². The topological polar surface area (TPSA) is 87.9 Å². The largest absolute Gasteiger partial charge is 0.493 e. The van der Waals surface area contributed by atoms with Gasteiger partial charge in [-0.3, -0.25) is 14.9 Å². The van der Waals surface area contributed by atoms with Crippen LogP contribution in [0.15, 0.2) is 24.3 Å². The molecule has 138 valence electrons. The van der Waals surface area contributed by atoms with Crippen molar-refractivity contribution in [3.05, 3.63) is 45.5 Å². The van der Waals surface area contributed by atoms with E-state index in [1.165, 1.54) is 0 Å². The molecule has 1 aliphatic heterocycles. The van der Waals surface area contributed by atoms with Crippen molar-refractivity contribution in [1.29, 1.82) is 0 Å². The van der Waals surface area contributed by atoms with Crippen LogP contribution in [0, 0.1) is 16.0 Å². The van der Waals surface area contributed by atoms with Gasteiger partial charge >= 0.3 is 0 Å². The van der Waals surface area contributed by atoms with Crippen LogP contribution in [0.4, 0.5) is 0 Å². The maximum Gasteiger partial charge on any atom is 0.221 e. The third kappa shape index (κ3) is 2.34. The molecular weight excluding hydrogens is 338 g/mol. The highest BCUT2D eigenvalue weighted by Crippen LogP contribution is 2.57. The minimum absolute atomic E-state index is 0.0696. The van der Waals surface area contributed by atoms with Gasteiger partial charge in [-0.1, -0.05) is 12.1 Å². The molecule has 0 radical (unpaired) electrons. The lowest BCUT2D eigenvalue weighted by molar-refractivity contribution is -0.535. The summed E-state index contributed by atoms with van der Waals surface area (Å²) >= 11 is 0. The molecule has 0 saturated heterocycles. The molecule has 1 spiro atoms. The van der Waals surface area contributed by atoms with Gasteiger partial charge in [-0.2, -0.15) is 0 Å². The first-order valence-electron chi connectivity index (χ1n) is 8.84. The fourth-order valence-corrected chi connectivity index (χ4v) is 4.78. The van der Waals surface area contributed by atoms with Crippen molar-refractivity contribution < 1.29 is 23.9 Å². The van der Waals surface area contributed by atoms with Crippen LogP contribution in [0.1, 0.15) is 30.9 Å². The molecule has 1 heterocycles. The lowest BCUT2D eigenvalue weighted by atomic mass is 9.55. The molecule has 0 amide bonds. The van der Waals surface area contributed by atoms with E-state index in [0.717, 1.165) is 11.1 Å². The monoisotopic (exact) mass is 359 g/mol. The van der Waals surface area contributed by atoms with E-state index < -0.39 is 23.7 Å². The van der Waals surface area contributed by atoms with Crippen LogP contribution < -0.4 is 9.47 Å². The van der Waals surface area contributed by atoms with Gasteiger partial charge in [0.05, 0.1) is 7.11 Å². The van der Waals surface area contributed by atoms with Crippen LogP contribution in [0.3, 0.4) is 0 Å². The highest BCUT2D eigenvalue weighted by atomic mass is 16.7. The van der Waals surface area contributed by atoms with Gasteiger partial charge < -0.3 is 14.2 Å². The van der Waals surface area contributed by atoms with Gasteiger partial charge in [-0.25, -0.2) is 0 Å². The number of rotatable bonds is 4. The number of hydrogen-bond acceptors (Lipinski definition) is 6. The first kappa shape index (κ1) is 17.0. The number of nitro groups is 1. The highest BCUT2D eigenvalue weighted by Gasteiger charge is 2.58. The maximum absolute atomic E-state index is 12.1. The molecule has 26 heavy (non-hydrogen) atoms. The van der Waals surface area contributed by atoms with E-state index in [0.29, 0.717) is 24.5 Å². The molecule has 0 aromatic heterocycles. The van der Waals surface area contributed by atoms with Crippen molar-refractivity contribution in [3.8, 4) is 11.5 Å². The molecule has 0 unspecified atom stereocenters. The van der Waals surface area contributed by atoms with E-state index in [2.05, 4.69) is 0 Å². The number of ketones is 1. The molecular formula is C19H21NO6. The van der Waals surface area contributed by atoms with Crippen LogP contribution >= 0.6 is 0 Å². The number of benzene rings is 1. The Morgan fingerprint density at radius 3 is 2.88 bits per heavy atom. The predicted molar refractivity (Wildman–Crippen MR) is 92.1 cm³/mol. The fourth-order valence-electron chi connectivity index (χ4n) is 4.78. The number of hydrogen-bond donors (Lipinski definition) is 0. The normalized spacial score (nSPS) is 31.6. The number of ether oxygens (including phenoxy) is 3. The zero-order valence-electron chi connectivity index (χ0n) is 14.8. The second-order valence-electron chi connectivity index (χ2n) is 7.05. The number of carbonyl (C=O) groups is 1. The van der Waals surface area contributed by atoms with Crippen LogP contribution in [0.2, 0.25) is 0 Å². The van der Waals surface area contributed by atoms with Gasteiger partial charge in [-0.05, 0) is 24.6 Å². The SMILES string of the molecule is CCO[C@@H]1C[C@]23C=CC(=O)C[C@H]2[C@H]([N+](=O)[O-])Cc2ccc(OC)c(c23)O1. The third-order valence-electron chi connectivity index (χ3n) is 5.81. The molecule has 0 N–H and O–H groups in total. The maximum atomic E-state index is 12.1. The first-order valence-corrected chi connectivity index (χ1v) is 8.84. The highest BCUT2D eigenvalue weighted by molar-refractivity contribution is 5.92. The van der Waals surface area contributed by atoms with Crippen LogP contribution in [0.25, 0.3) is 0 Å². The number of nitrogens with zero attached hydrogens (tertiary/aromatic N) is 1. The lowest BCUT2D eigenvalue weighted by Gasteiger charge is -2.50. The summed E-state index contributed by atoms with van der Waals surface area (Å²) in [6.07, 6.45) is 3.76. The summed E-state index contributed by atoms with van der Waals surface area (Å²) < 4.78 is 17.3. The Labute approximate surface area is 151 Å². The molecule has 4 rings (SSSR count). The summed E-state index contributed by atoms with van der Waals surface area (Å²) in [7, 11) is 1.57. The van der Waals surface area contributed by atoms with Crippen LogP contribution in [-0.2, 0) is 21.4 Å². The number of methoxy groups -OCH3 is 1. The molecule has 1 aromatic carbocycles. The molecule has 7 nitrogen and oxygen atoms in total. The van der Waals surface area contributed by atoms with Gasteiger partial charge in [0.1, 0.15) is 0 Å². The van der Waals surface area contributed by atoms with Crippen molar-refractivity contribution in [3.63, 3.8) is 0 Å². The summed E-state index contributed by atoms with van der Waals surface area (Å²) in [5.41, 5.74) is 1.15. The van der Waals surface area contributed by atoms with Crippen molar-refractivity contribution in [2.45, 2.75) is 43.9 Å². The summed E-state index contributed by atoms with van der Waals surface area (Å²) in [4.78, 5) is 23.7. The lowest BCUT2D eigenvalue weighted by Crippen LogP contribution is -2.55. The third-order valence-corrected chi connectivity index (χ3v) is 5.81. The van der Waals surface area contributed by atoms with E-state index in [4.69, 9.17) is 14.2 Å². The Bertz CT molecular complexity index is 803. The van der Waals surface area contributed by atoms with E-state index in [-0.39, 0.29) is 23.5 Å². The second kappa shape index (κ2) is 6.09. The smallest absolute Gasteiger partial charge is 0.221 e. The molecule has 0 saturated carbocycles. The van der Waals surface area contributed by atoms with E-state index >= 15 is 0 Å². The minimum atomic E-state index is -0.807. The summed E-state index contributed by atoms with van der Waals surface area (Å²) in [6, 6.07) is 2.85. The second-order valence-corrected chi connectivity index (χ2v) is 7.05. The summed E-state index contributed by atoms with van der Waals surface area (Å²) in [6.45, 7) is 2.34. The molecule has 0 fully saturated rings. The molecule has 1 aromatic rings. The van der Waals surface area contributed by atoms with E-state index in [9.17, 15) is 14.9 Å². The summed E-state index contributed by atoms with van der Waals surface area (Å²) in [5.74, 6) is 0.677. The molecule has 0 bridgehead atoms. The van der Waals surface area contributed by atoms with Gasteiger partial charge in [0, 0.05) is 47.7 Å². The first-order chi connectivity index (χ1) is 12.5. The molecule has 3 aliphatic rings. The average Bonchev–Trinajstić information content (AvgIpc) is 2.62. The minimum Gasteiger partial charge on any atom is -0.493 e.